The number of piperidine rings is 1. The van der Waals surface area contributed by atoms with E-state index in [9.17, 15) is 4.79 Å². The van der Waals surface area contributed by atoms with Gasteiger partial charge in [-0.25, -0.2) is 4.98 Å². The van der Waals surface area contributed by atoms with Crippen molar-refractivity contribution < 1.29 is 4.79 Å². The van der Waals surface area contributed by atoms with E-state index in [4.69, 9.17) is 0 Å². The highest BCUT2D eigenvalue weighted by Crippen LogP contribution is 2.26. The quantitative estimate of drug-likeness (QED) is 0.686. The van der Waals surface area contributed by atoms with Crippen LogP contribution < -0.4 is 16.0 Å². The molecule has 0 bridgehead atoms. The van der Waals surface area contributed by atoms with E-state index in [1.54, 1.807) is 10.9 Å². The van der Waals surface area contributed by atoms with Crippen molar-refractivity contribution in [1.29, 1.82) is 0 Å². The smallest absolute Gasteiger partial charge is 0.248 e. The van der Waals surface area contributed by atoms with Gasteiger partial charge in [0, 0.05) is 31.2 Å². The van der Waals surface area contributed by atoms with Crippen LogP contribution in [-0.2, 0) is 10.3 Å². The average molecular weight is 328 g/mol. The molecule has 24 heavy (non-hydrogen) atoms. The topological polar surface area (TPSA) is 83.9 Å². The van der Waals surface area contributed by atoms with E-state index in [0.29, 0.717) is 13.1 Å². The number of hydrogen-bond donors (Lipinski definition) is 3. The summed E-state index contributed by atoms with van der Waals surface area (Å²) in [6, 6.07) is 7.71. The Hall–Kier alpha value is -2.41. The summed E-state index contributed by atoms with van der Waals surface area (Å²) < 4.78 is 1.80. The second kappa shape index (κ2) is 7.44. The SMILES string of the molecule is Cc1cccc(NCCNC(=O)C2(n3cccn3)CCNCC2)n1. The van der Waals surface area contributed by atoms with Crippen molar-refractivity contribution in [3.05, 3.63) is 42.4 Å². The van der Waals surface area contributed by atoms with Gasteiger partial charge in [0.2, 0.25) is 5.91 Å². The second-order valence-electron chi connectivity index (χ2n) is 6.08. The first-order valence-corrected chi connectivity index (χ1v) is 8.37. The normalized spacial score (nSPS) is 16.5. The van der Waals surface area contributed by atoms with Crippen molar-refractivity contribution in [3.8, 4) is 0 Å². The van der Waals surface area contributed by atoms with Crippen LogP contribution in [-0.4, -0.2) is 46.9 Å². The third kappa shape index (κ3) is 3.56. The zero-order chi connectivity index (χ0) is 16.8. The van der Waals surface area contributed by atoms with Crippen molar-refractivity contribution in [3.63, 3.8) is 0 Å². The molecule has 1 fully saturated rings. The second-order valence-corrected chi connectivity index (χ2v) is 6.08. The number of aromatic nitrogens is 3. The molecule has 3 heterocycles. The number of nitrogens with zero attached hydrogens (tertiary/aromatic N) is 3. The standard InChI is InChI=1S/C17H24N6O/c1-14-4-2-5-15(22-14)19-11-12-20-16(24)17(6-9-18-10-7-17)23-13-3-8-21-23/h2-5,8,13,18H,6-7,9-12H2,1H3,(H,19,22)(H,20,24). The lowest BCUT2D eigenvalue weighted by Crippen LogP contribution is -2.55. The largest absolute Gasteiger partial charge is 0.368 e. The Morgan fingerprint density at radius 2 is 2.12 bits per heavy atom. The molecule has 0 aromatic carbocycles. The first-order valence-electron chi connectivity index (χ1n) is 8.37. The summed E-state index contributed by atoms with van der Waals surface area (Å²) in [6.45, 7) is 4.77. The van der Waals surface area contributed by atoms with Crippen molar-refractivity contribution in [2.24, 2.45) is 0 Å². The molecule has 0 radical (unpaired) electrons. The third-order valence-corrected chi connectivity index (χ3v) is 4.40. The van der Waals surface area contributed by atoms with Gasteiger partial charge in [0.15, 0.2) is 0 Å². The van der Waals surface area contributed by atoms with Crippen LogP contribution in [0.15, 0.2) is 36.7 Å². The summed E-state index contributed by atoms with van der Waals surface area (Å²) in [5.41, 5.74) is 0.382. The molecule has 3 N–H and O–H groups in total. The Kier molecular flexibility index (Phi) is 5.10. The minimum absolute atomic E-state index is 0.0340. The number of nitrogens with one attached hydrogen (secondary N) is 3. The predicted molar refractivity (Wildman–Crippen MR) is 92.8 cm³/mol. The van der Waals surface area contributed by atoms with E-state index in [1.807, 2.05) is 37.4 Å². The highest BCUT2D eigenvalue weighted by molar-refractivity contribution is 5.84. The molecule has 1 aliphatic heterocycles. The summed E-state index contributed by atoms with van der Waals surface area (Å²) in [4.78, 5) is 17.2. The van der Waals surface area contributed by atoms with Crippen molar-refractivity contribution in [2.75, 3.05) is 31.5 Å². The molecule has 7 heteroatoms. The summed E-state index contributed by atoms with van der Waals surface area (Å²) in [7, 11) is 0. The molecule has 1 saturated heterocycles. The first kappa shape index (κ1) is 16.4. The van der Waals surface area contributed by atoms with Gasteiger partial charge in [0.25, 0.3) is 0 Å². The van der Waals surface area contributed by atoms with Crippen LogP contribution in [0.1, 0.15) is 18.5 Å². The number of amides is 1. The number of carbonyl (C=O) groups excluding carboxylic acids is 1. The summed E-state index contributed by atoms with van der Waals surface area (Å²) >= 11 is 0. The van der Waals surface area contributed by atoms with Gasteiger partial charge in [-0.3, -0.25) is 9.48 Å². The highest BCUT2D eigenvalue weighted by Gasteiger charge is 2.41. The maximum atomic E-state index is 12.8. The van der Waals surface area contributed by atoms with Crippen molar-refractivity contribution >= 4 is 11.7 Å². The third-order valence-electron chi connectivity index (χ3n) is 4.40. The number of hydrogen-bond acceptors (Lipinski definition) is 5. The lowest BCUT2D eigenvalue weighted by Gasteiger charge is -2.36. The van der Waals surface area contributed by atoms with Gasteiger partial charge in [-0.1, -0.05) is 6.07 Å². The molecule has 1 aliphatic rings. The number of pyridine rings is 1. The molecule has 2 aromatic heterocycles. The van der Waals surface area contributed by atoms with Gasteiger partial charge < -0.3 is 16.0 Å². The molecular weight excluding hydrogens is 304 g/mol. The van der Waals surface area contributed by atoms with Gasteiger partial charge >= 0.3 is 0 Å². The first-order chi connectivity index (χ1) is 11.7. The number of aryl methyl sites for hydroxylation is 1. The maximum absolute atomic E-state index is 12.8. The monoisotopic (exact) mass is 328 g/mol. The van der Waals surface area contributed by atoms with Crippen LogP contribution >= 0.6 is 0 Å². The van der Waals surface area contributed by atoms with Gasteiger partial charge in [-0.15, -0.1) is 0 Å². The van der Waals surface area contributed by atoms with Crippen molar-refractivity contribution in [1.82, 2.24) is 25.4 Å². The molecule has 0 atom stereocenters. The van der Waals surface area contributed by atoms with Gasteiger partial charge in [-0.05, 0) is 51.1 Å². The lowest BCUT2D eigenvalue weighted by molar-refractivity contribution is -0.131. The van der Waals surface area contributed by atoms with Crippen molar-refractivity contribution in [2.45, 2.75) is 25.3 Å². The molecule has 128 valence electrons. The van der Waals surface area contributed by atoms with Crippen LogP contribution in [0, 0.1) is 6.92 Å². The Labute approximate surface area is 141 Å². The Bertz CT molecular complexity index is 663. The Balaban J connectivity index is 1.56. The van der Waals surface area contributed by atoms with Crippen LogP contribution in [0.4, 0.5) is 5.82 Å². The van der Waals surface area contributed by atoms with E-state index < -0.39 is 5.54 Å². The van der Waals surface area contributed by atoms with Gasteiger partial charge in [0.05, 0.1) is 0 Å². The minimum atomic E-state index is -0.587. The minimum Gasteiger partial charge on any atom is -0.368 e. The fourth-order valence-electron chi connectivity index (χ4n) is 3.10. The molecule has 1 amide bonds. The summed E-state index contributed by atoms with van der Waals surface area (Å²) in [5.74, 6) is 0.861. The van der Waals surface area contributed by atoms with Crippen LogP contribution in [0.3, 0.4) is 0 Å². The zero-order valence-electron chi connectivity index (χ0n) is 14.0. The van der Waals surface area contributed by atoms with E-state index in [0.717, 1.165) is 37.4 Å². The molecular formula is C17H24N6O. The Morgan fingerprint density at radius 3 is 2.83 bits per heavy atom. The molecule has 0 saturated carbocycles. The van der Waals surface area contributed by atoms with Gasteiger partial charge in [-0.2, -0.15) is 5.10 Å². The molecule has 0 spiro atoms. The van der Waals surface area contributed by atoms with Gasteiger partial charge in [0.1, 0.15) is 11.4 Å². The number of carbonyl (C=O) groups is 1. The molecule has 3 rings (SSSR count). The Morgan fingerprint density at radius 1 is 1.29 bits per heavy atom. The molecule has 2 aromatic rings. The fourth-order valence-corrected chi connectivity index (χ4v) is 3.10. The average Bonchev–Trinajstić information content (AvgIpc) is 3.14. The van der Waals surface area contributed by atoms with E-state index in [-0.39, 0.29) is 5.91 Å². The highest BCUT2D eigenvalue weighted by atomic mass is 16.2. The summed E-state index contributed by atoms with van der Waals surface area (Å²) in [5, 5.41) is 13.9. The van der Waals surface area contributed by atoms with E-state index >= 15 is 0 Å². The summed E-state index contributed by atoms with van der Waals surface area (Å²) in [6.07, 6.45) is 5.09. The molecule has 0 unspecified atom stereocenters. The van der Waals surface area contributed by atoms with Crippen LogP contribution in [0.25, 0.3) is 0 Å². The molecule has 7 nitrogen and oxygen atoms in total. The predicted octanol–water partition coefficient (Wildman–Crippen LogP) is 0.894. The lowest BCUT2D eigenvalue weighted by atomic mass is 9.87. The molecule has 0 aliphatic carbocycles. The zero-order valence-corrected chi connectivity index (χ0v) is 14.0. The maximum Gasteiger partial charge on any atom is 0.248 e. The number of rotatable bonds is 6. The van der Waals surface area contributed by atoms with E-state index in [1.165, 1.54) is 0 Å². The van der Waals surface area contributed by atoms with E-state index in [2.05, 4.69) is 26.0 Å². The van der Waals surface area contributed by atoms with Crippen LogP contribution in [0.5, 0.6) is 0 Å². The number of anilines is 1. The van der Waals surface area contributed by atoms with Crippen LogP contribution in [0.2, 0.25) is 0 Å². The fraction of sp³-hybridized carbons (Fsp3) is 0.471.